The Balaban J connectivity index is 1.37. The smallest absolute Gasteiger partial charge is 0.407 e. The summed E-state index contributed by atoms with van der Waals surface area (Å²) in [5.74, 6) is 0.299. The molecular formula is C29H35N7O4. The number of nitrogens with one attached hydrogen (secondary N) is 3. The Labute approximate surface area is 232 Å². The van der Waals surface area contributed by atoms with E-state index in [1.807, 2.05) is 51.1 Å². The van der Waals surface area contributed by atoms with Gasteiger partial charge < -0.3 is 30.0 Å². The van der Waals surface area contributed by atoms with Gasteiger partial charge in [0.05, 0.1) is 48.4 Å². The Kier molecular flexibility index (Phi) is 7.63. The van der Waals surface area contributed by atoms with Crippen LogP contribution in [-0.4, -0.2) is 63.6 Å². The van der Waals surface area contributed by atoms with E-state index in [0.29, 0.717) is 35.7 Å². The predicted octanol–water partition coefficient (Wildman–Crippen LogP) is 4.56. The third kappa shape index (κ3) is 6.19. The fraction of sp³-hybridized carbons (Fsp3) is 0.379. The van der Waals surface area contributed by atoms with Gasteiger partial charge in [-0.15, -0.1) is 0 Å². The Bertz CT molecular complexity index is 1490. The van der Waals surface area contributed by atoms with Crippen LogP contribution in [0.2, 0.25) is 0 Å². The Hall–Kier alpha value is -4.54. The molecule has 0 saturated carbocycles. The number of amides is 2. The summed E-state index contributed by atoms with van der Waals surface area (Å²) in [6, 6.07) is 9.84. The molecule has 0 bridgehead atoms. The number of alkyl carbamates (subject to hydrolysis) is 1. The lowest BCUT2D eigenvalue weighted by Gasteiger charge is -2.36. The average molecular weight is 546 g/mol. The minimum atomic E-state index is -0.574. The normalized spacial score (nSPS) is 15.6. The lowest BCUT2D eigenvalue weighted by atomic mass is 10.0. The van der Waals surface area contributed by atoms with E-state index >= 15 is 0 Å². The number of methoxy groups -OCH3 is 1. The number of nitrogens with zero attached hydrogens (tertiary/aromatic N) is 4. The van der Waals surface area contributed by atoms with Gasteiger partial charge in [0, 0.05) is 31.5 Å². The molecule has 3 N–H and O–H groups in total. The first-order valence-corrected chi connectivity index (χ1v) is 13.4. The third-order valence-corrected chi connectivity index (χ3v) is 6.65. The van der Waals surface area contributed by atoms with Crippen LogP contribution in [0, 0.1) is 0 Å². The number of piperidine rings is 1. The van der Waals surface area contributed by atoms with Crippen molar-refractivity contribution in [1.29, 1.82) is 0 Å². The first-order valence-electron chi connectivity index (χ1n) is 13.4. The quantitative estimate of drug-likeness (QED) is 0.311. The van der Waals surface area contributed by atoms with Crippen LogP contribution in [0.3, 0.4) is 0 Å². The van der Waals surface area contributed by atoms with Crippen molar-refractivity contribution in [1.82, 2.24) is 25.1 Å². The van der Waals surface area contributed by atoms with Crippen LogP contribution in [0.15, 0.2) is 55.1 Å². The zero-order valence-electron chi connectivity index (χ0n) is 23.2. The van der Waals surface area contributed by atoms with Crippen molar-refractivity contribution in [3.8, 4) is 5.75 Å². The maximum absolute atomic E-state index is 13.2. The molecule has 2 amide bonds. The molecule has 1 saturated heterocycles. The average Bonchev–Trinajstić information content (AvgIpc) is 3.55. The van der Waals surface area contributed by atoms with Crippen molar-refractivity contribution in [3.63, 3.8) is 0 Å². The van der Waals surface area contributed by atoms with Crippen LogP contribution >= 0.6 is 0 Å². The molecule has 11 nitrogen and oxygen atoms in total. The fourth-order valence-corrected chi connectivity index (χ4v) is 4.93. The summed E-state index contributed by atoms with van der Waals surface area (Å²) in [4.78, 5) is 35.5. The molecule has 0 aliphatic carbocycles. The number of rotatable bonds is 7. The topological polar surface area (TPSA) is 126 Å². The van der Waals surface area contributed by atoms with Crippen LogP contribution in [0.4, 0.5) is 16.2 Å². The maximum Gasteiger partial charge on any atom is 0.407 e. The van der Waals surface area contributed by atoms with E-state index < -0.39 is 11.7 Å². The van der Waals surface area contributed by atoms with Gasteiger partial charge in [0.1, 0.15) is 11.2 Å². The van der Waals surface area contributed by atoms with E-state index in [1.54, 1.807) is 36.6 Å². The van der Waals surface area contributed by atoms with Gasteiger partial charge in [0.15, 0.2) is 5.75 Å². The Morgan fingerprint density at radius 2 is 1.98 bits per heavy atom. The molecule has 4 heterocycles. The van der Waals surface area contributed by atoms with E-state index in [4.69, 9.17) is 9.47 Å². The number of H-pyrrole nitrogens is 1. The summed E-state index contributed by atoms with van der Waals surface area (Å²) >= 11 is 0. The number of carbonyl (C=O) groups is 2. The minimum absolute atomic E-state index is 0.107. The Morgan fingerprint density at radius 3 is 2.73 bits per heavy atom. The van der Waals surface area contributed by atoms with Gasteiger partial charge in [-0.3, -0.25) is 9.48 Å². The molecular weight excluding hydrogens is 510 g/mol. The zero-order chi connectivity index (χ0) is 28.3. The number of pyridine rings is 1. The third-order valence-electron chi connectivity index (χ3n) is 6.65. The van der Waals surface area contributed by atoms with Crippen molar-refractivity contribution in [3.05, 3.63) is 66.2 Å². The summed E-state index contributed by atoms with van der Waals surface area (Å²) in [5, 5.41) is 11.1. The maximum atomic E-state index is 13.2. The number of aromatic amines is 1. The van der Waals surface area contributed by atoms with E-state index in [2.05, 4.69) is 30.6 Å². The number of hydrogen-bond donors (Lipinski definition) is 3. The molecule has 1 unspecified atom stereocenters. The van der Waals surface area contributed by atoms with Crippen molar-refractivity contribution < 1.29 is 19.1 Å². The molecule has 3 aromatic heterocycles. The van der Waals surface area contributed by atoms with E-state index in [1.165, 1.54) is 0 Å². The van der Waals surface area contributed by atoms with Crippen molar-refractivity contribution in [2.45, 2.75) is 51.8 Å². The molecule has 1 aliphatic rings. The van der Waals surface area contributed by atoms with Crippen LogP contribution in [0.5, 0.6) is 5.75 Å². The summed E-state index contributed by atoms with van der Waals surface area (Å²) in [6.07, 6.45) is 7.94. The van der Waals surface area contributed by atoms with Gasteiger partial charge >= 0.3 is 6.09 Å². The monoisotopic (exact) mass is 545 g/mol. The molecule has 5 rings (SSSR count). The highest BCUT2D eigenvalue weighted by atomic mass is 16.6. The predicted molar refractivity (Wildman–Crippen MR) is 153 cm³/mol. The number of aromatic nitrogens is 4. The summed E-state index contributed by atoms with van der Waals surface area (Å²) in [7, 11) is 1.60. The summed E-state index contributed by atoms with van der Waals surface area (Å²) in [5.41, 5.74) is 2.97. The molecule has 0 radical (unpaired) electrons. The highest BCUT2D eigenvalue weighted by Gasteiger charge is 2.28. The van der Waals surface area contributed by atoms with Crippen LogP contribution in [0.1, 0.15) is 49.5 Å². The summed E-state index contributed by atoms with van der Waals surface area (Å²) in [6.45, 7) is 7.41. The first kappa shape index (κ1) is 27.0. The fourth-order valence-electron chi connectivity index (χ4n) is 4.93. The molecule has 1 aliphatic heterocycles. The van der Waals surface area contributed by atoms with Crippen molar-refractivity contribution >= 4 is 34.4 Å². The lowest BCUT2D eigenvalue weighted by Crippen LogP contribution is -2.49. The van der Waals surface area contributed by atoms with Gasteiger partial charge in [-0.2, -0.15) is 5.10 Å². The number of fused-ring (bicyclic) bond motifs is 1. The molecule has 0 spiro atoms. The summed E-state index contributed by atoms with van der Waals surface area (Å²) < 4.78 is 12.9. The molecule has 1 atom stereocenters. The van der Waals surface area contributed by atoms with Gasteiger partial charge in [-0.25, -0.2) is 9.78 Å². The van der Waals surface area contributed by atoms with Crippen molar-refractivity contribution in [2.24, 2.45) is 0 Å². The van der Waals surface area contributed by atoms with Crippen LogP contribution in [-0.2, 0) is 11.3 Å². The lowest BCUT2D eigenvalue weighted by molar-refractivity contribution is 0.0500. The second-order valence-corrected chi connectivity index (χ2v) is 10.9. The molecule has 40 heavy (non-hydrogen) atoms. The molecule has 11 heteroatoms. The second-order valence-electron chi connectivity index (χ2n) is 10.9. The number of ether oxygens (including phenoxy) is 2. The van der Waals surface area contributed by atoms with Crippen LogP contribution < -0.4 is 20.3 Å². The highest BCUT2D eigenvalue weighted by molar-refractivity contribution is 6.12. The first-order chi connectivity index (χ1) is 19.2. The standard InChI is InChI=1S/C29H35N7O4/c1-29(2,3)40-28(38)33-21-11-8-12-35(18-21)25-23(39-4)15-31-26-24(25)22(14-30-26)34-27(37)20-13-32-36(17-20)16-19-9-6-5-7-10-19/h5-7,9-10,13-15,17,21H,8,11-12,16,18H2,1-4H3,(H,30,31)(H,33,38)(H,34,37). The van der Waals surface area contributed by atoms with Gasteiger partial charge in [-0.1, -0.05) is 30.3 Å². The molecule has 1 fully saturated rings. The van der Waals surface area contributed by atoms with Crippen molar-refractivity contribution in [2.75, 3.05) is 30.4 Å². The second kappa shape index (κ2) is 11.3. The van der Waals surface area contributed by atoms with E-state index in [9.17, 15) is 9.59 Å². The highest BCUT2D eigenvalue weighted by Crippen LogP contribution is 2.40. The van der Waals surface area contributed by atoms with E-state index in [-0.39, 0.29) is 11.9 Å². The SMILES string of the molecule is COc1cnc2[nH]cc(NC(=O)c3cnn(Cc4ccccc4)c3)c2c1N1CCCC(NC(=O)OC(C)(C)C)C1. The molecule has 4 aromatic rings. The molecule has 1 aromatic carbocycles. The van der Waals surface area contributed by atoms with Gasteiger partial charge in [0.25, 0.3) is 5.91 Å². The zero-order valence-corrected chi connectivity index (χ0v) is 23.2. The van der Waals surface area contributed by atoms with Crippen LogP contribution in [0.25, 0.3) is 11.0 Å². The number of hydrogen-bond acceptors (Lipinski definition) is 7. The van der Waals surface area contributed by atoms with Gasteiger partial charge in [0.2, 0.25) is 0 Å². The Morgan fingerprint density at radius 1 is 1.18 bits per heavy atom. The number of anilines is 2. The van der Waals surface area contributed by atoms with Gasteiger partial charge in [-0.05, 0) is 39.2 Å². The minimum Gasteiger partial charge on any atom is -0.493 e. The number of carbonyl (C=O) groups excluding carboxylic acids is 2. The number of benzene rings is 1. The molecule has 210 valence electrons. The van der Waals surface area contributed by atoms with E-state index in [0.717, 1.165) is 36.0 Å². The largest absolute Gasteiger partial charge is 0.493 e.